The zero-order chi connectivity index (χ0) is 20.8. The van der Waals surface area contributed by atoms with Crippen LogP contribution < -0.4 is 9.03 Å². The van der Waals surface area contributed by atoms with E-state index in [1.54, 1.807) is 12.1 Å². The highest BCUT2D eigenvalue weighted by Gasteiger charge is 2.32. The lowest BCUT2D eigenvalue weighted by molar-refractivity contribution is 0.0600. The molecule has 0 amide bonds. The van der Waals surface area contributed by atoms with Gasteiger partial charge in [-0.3, -0.25) is 4.31 Å². The van der Waals surface area contributed by atoms with Gasteiger partial charge in [0, 0.05) is 12.6 Å². The van der Waals surface area contributed by atoms with Crippen molar-refractivity contribution in [1.82, 2.24) is 4.72 Å². The molecular weight excluding hydrogens is 416 g/mol. The number of nitrogens with one attached hydrogen (secondary N) is 1. The van der Waals surface area contributed by atoms with Crippen LogP contribution in [-0.4, -0.2) is 42.5 Å². The van der Waals surface area contributed by atoms with E-state index in [1.165, 1.54) is 41.7 Å². The van der Waals surface area contributed by atoms with Gasteiger partial charge in [0.25, 0.3) is 10.0 Å². The summed E-state index contributed by atoms with van der Waals surface area (Å²) in [6, 6.07) is 9.93. The van der Waals surface area contributed by atoms with Gasteiger partial charge in [-0.1, -0.05) is 0 Å². The number of methoxy groups -OCH3 is 1. The average Bonchev–Trinajstić information content (AvgIpc) is 3.40. The van der Waals surface area contributed by atoms with Crippen molar-refractivity contribution >= 4 is 31.7 Å². The Morgan fingerprint density at radius 3 is 2.31 bits per heavy atom. The third-order valence-corrected chi connectivity index (χ3v) is 8.34. The van der Waals surface area contributed by atoms with E-state index in [-0.39, 0.29) is 22.4 Å². The van der Waals surface area contributed by atoms with Crippen molar-refractivity contribution in [3.05, 3.63) is 53.6 Å². The zero-order valence-electron chi connectivity index (χ0n) is 15.7. The molecular formula is C19H20N2O6S2. The highest BCUT2D eigenvalue weighted by atomic mass is 32.2. The van der Waals surface area contributed by atoms with Crippen LogP contribution in [0.2, 0.25) is 0 Å². The van der Waals surface area contributed by atoms with Crippen LogP contribution in [0.5, 0.6) is 0 Å². The Hall–Kier alpha value is -2.43. The average molecular weight is 437 g/mol. The molecule has 0 bridgehead atoms. The molecule has 1 fully saturated rings. The smallest absolute Gasteiger partial charge is 0.337 e. The van der Waals surface area contributed by atoms with E-state index >= 15 is 0 Å². The van der Waals surface area contributed by atoms with Crippen LogP contribution in [0.25, 0.3) is 0 Å². The number of hydrogen-bond donors (Lipinski definition) is 1. The molecule has 8 nitrogen and oxygen atoms in total. The molecule has 1 aliphatic carbocycles. The molecule has 2 aliphatic rings. The summed E-state index contributed by atoms with van der Waals surface area (Å²) in [5.74, 6) is -0.481. The van der Waals surface area contributed by atoms with E-state index in [1.807, 2.05) is 0 Å². The number of benzene rings is 2. The summed E-state index contributed by atoms with van der Waals surface area (Å²) in [6.45, 7) is 0.242. The maximum absolute atomic E-state index is 13.1. The van der Waals surface area contributed by atoms with Crippen LogP contribution in [0, 0.1) is 0 Å². The molecule has 10 heteroatoms. The topological polar surface area (TPSA) is 110 Å². The highest BCUT2D eigenvalue weighted by Crippen LogP contribution is 2.34. The standard InChI is InChI=1S/C19H20N2O6S2/c1-27-19(22)14-2-9-18-13(12-14)10-11-21(18)29(25,26)17-7-5-16(6-8-17)28(23,24)20-15-3-4-15/h2,5-9,12,15,20H,3-4,10-11H2,1H3. The van der Waals surface area contributed by atoms with Crippen LogP contribution in [0.3, 0.4) is 0 Å². The van der Waals surface area contributed by atoms with Gasteiger partial charge in [0.15, 0.2) is 0 Å². The van der Waals surface area contributed by atoms with Gasteiger partial charge in [-0.2, -0.15) is 0 Å². The minimum absolute atomic E-state index is 0.00719. The maximum Gasteiger partial charge on any atom is 0.337 e. The van der Waals surface area contributed by atoms with Gasteiger partial charge in [-0.25, -0.2) is 26.4 Å². The number of rotatable bonds is 6. The van der Waals surface area contributed by atoms with Crippen molar-refractivity contribution in [2.24, 2.45) is 0 Å². The van der Waals surface area contributed by atoms with E-state index in [4.69, 9.17) is 4.74 Å². The highest BCUT2D eigenvalue weighted by molar-refractivity contribution is 7.93. The van der Waals surface area contributed by atoms with E-state index in [2.05, 4.69) is 4.72 Å². The van der Waals surface area contributed by atoms with Crippen molar-refractivity contribution in [1.29, 1.82) is 0 Å². The van der Waals surface area contributed by atoms with Gasteiger partial charge in [-0.05, 0) is 67.3 Å². The van der Waals surface area contributed by atoms with Gasteiger partial charge < -0.3 is 4.74 Å². The summed E-state index contributed by atoms with van der Waals surface area (Å²) < 4.78 is 59.3. The Morgan fingerprint density at radius 1 is 1.03 bits per heavy atom. The lowest BCUT2D eigenvalue weighted by Crippen LogP contribution is -2.29. The van der Waals surface area contributed by atoms with Crippen molar-refractivity contribution in [3.8, 4) is 0 Å². The molecule has 29 heavy (non-hydrogen) atoms. The summed E-state index contributed by atoms with van der Waals surface area (Å²) in [7, 11) is -6.22. The number of carbonyl (C=O) groups excluding carboxylic acids is 1. The Balaban J connectivity index is 1.61. The number of carbonyl (C=O) groups is 1. The maximum atomic E-state index is 13.1. The van der Waals surface area contributed by atoms with Crippen LogP contribution in [0.15, 0.2) is 52.3 Å². The first kappa shape index (κ1) is 19.9. The fraction of sp³-hybridized carbons (Fsp3) is 0.316. The van der Waals surface area contributed by atoms with E-state index < -0.39 is 26.0 Å². The minimum Gasteiger partial charge on any atom is -0.465 e. The first-order valence-corrected chi connectivity index (χ1v) is 12.0. The molecule has 0 unspecified atom stereocenters. The van der Waals surface area contributed by atoms with Crippen molar-refractivity contribution in [3.63, 3.8) is 0 Å². The van der Waals surface area contributed by atoms with Gasteiger partial charge in [-0.15, -0.1) is 0 Å². The summed E-state index contributed by atoms with van der Waals surface area (Å²) in [5, 5.41) is 0. The summed E-state index contributed by atoms with van der Waals surface area (Å²) >= 11 is 0. The second-order valence-corrected chi connectivity index (χ2v) is 10.6. The van der Waals surface area contributed by atoms with Crippen LogP contribution >= 0.6 is 0 Å². The molecule has 4 rings (SSSR count). The monoisotopic (exact) mass is 436 g/mol. The molecule has 1 aliphatic heterocycles. The van der Waals surface area contributed by atoms with E-state index in [0.29, 0.717) is 17.7 Å². The van der Waals surface area contributed by atoms with Gasteiger partial charge >= 0.3 is 5.97 Å². The Bertz CT molecular complexity index is 1170. The van der Waals surface area contributed by atoms with Crippen LogP contribution in [0.1, 0.15) is 28.8 Å². The molecule has 1 heterocycles. The van der Waals surface area contributed by atoms with Crippen molar-refractivity contribution in [2.45, 2.75) is 35.1 Å². The first-order valence-electron chi connectivity index (χ1n) is 9.09. The number of sulfonamides is 2. The second kappa shape index (κ2) is 7.12. The number of fused-ring (bicyclic) bond motifs is 1. The lowest BCUT2D eigenvalue weighted by atomic mass is 10.1. The molecule has 1 saturated carbocycles. The minimum atomic E-state index is -3.86. The molecule has 2 aromatic carbocycles. The quantitative estimate of drug-likeness (QED) is 0.690. The van der Waals surface area contributed by atoms with Gasteiger partial charge in [0.1, 0.15) is 0 Å². The zero-order valence-corrected chi connectivity index (χ0v) is 17.3. The molecule has 0 aromatic heterocycles. The predicted molar refractivity (Wildman–Crippen MR) is 106 cm³/mol. The Kier molecular flexibility index (Phi) is 4.88. The number of hydrogen-bond acceptors (Lipinski definition) is 6. The predicted octanol–water partition coefficient (Wildman–Crippen LogP) is 1.67. The number of nitrogens with zero attached hydrogens (tertiary/aromatic N) is 1. The normalized spacial score (nSPS) is 16.5. The molecule has 2 aromatic rings. The van der Waals surface area contributed by atoms with E-state index in [9.17, 15) is 21.6 Å². The largest absolute Gasteiger partial charge is 0.465 e. The molecule has 0 radical (unpaired) electrons. The number of esters is 1. The van der Waals surface area contributed by atoms with E-state index in [0.717, 1.165) is 18.4 Å². The second-order valence-electron chi connectivity index (χ2n) is 7.03. The summed E-state index contributed by atoms with van der Waals surface area (Å²) in [6.07, 6.45) is 2.10. The molecule has 0 atom stereocenters. The third-order valence-electron chi connectivity index (χ3n) is 4.97. The third kappa shape index (κ3) is 3.75. The first-order chi connectivity index (χ1) is 13.7. The fourth-order valence-corrected chi connectivity index (χ4v) is 6.08. The lowest BCUT2D eigenvalue weighted by Gasteiger charge is -2.20. The molecule has 1 N–H and O–H groups in total. The Labute approximate surface area is 169 Å². The van der Waals surface area contributed by atoms with Gasteiger partial charge in [0.2, 0.25) is 10.0 Å². The molecule has 0 saturated heterocycles. The van der Waals surface area contributed by atoms with Crippen molar-refractivity contribution < 1.29 is 26.4 Å². The number of anilines is 1. The summed E-state index contributed by atoms with van der Waals surface area (Å²) in [5.41, 5.74) is 1.61. The fourth-order valence-electron chi connectivity index (χ4n) is 3.27. The molecule has 154 valence electrons. The molecule has 0 spiro atoms. The van der Waals surface area contributed by atoms with Crippen LogP contribution in [-0.2, 0) is 31.2 Å². The van der Waals surface area contributed by atoms with Crippen molar-refractivity contribution in [2.75, 3.05) is 18.0 Å². The SMILES string of the molecule is COC(=O)c1ccc2c(c1)CCN2S(=O)(=O)c1ccc(S(=O)(=O)NC2CC2)cc1. The van der Waals surface area contributed by atoms with Crippen LogP contribution in [0.4, 0.5) is 5.69 Å². The van der Waals surface area contributed by atoms with Gasteiger partial charge in [0.05, 0.1) is 28.2 Å². The Morgan fingerprint density at radius 2 is 1.69 bits per heavy atom. The summed E-state index contributed by atoms with van der Waals surface area (Å²) in [4.78, 5) is 11.7. The number of ether oxygens (including phenoxy) is 1.